The summed E-state index contributed by atoms with van der Waals surface area (Å²) in [6, 6.07) is 35.4. The predicted octanol–water partition coefficient (Wildman–Crippen LogP) is 5.38. The highest BCUT2D eigenvalue weighted by atomic mass is 16.1. The molecule has 0 bridgehead atoms. The summed E-state index contributed by atoms with van der Waals surface area (Å²) in [6.07, 6.45) is 0. The first-order chi connectivity index (χ1) is 14.3. The summed E-state index contributed by atoms with van der Waals surface area (Å²) in [4.78, 5) is 18.4. The monoisotopic (exact) mass is 374 g/mol. The molecule has 138 valence electrons. The van der Waals surface area contributed by atoms with Crippen molar-refractivity contribution >= 4 is 27.2 Å². The van der Waals surface area contributed by atoms with Gasteiger partial charge >= 0.3 is 0 Å². The fourth-order valence-corrected chi connectivity index (χ4v) is 3.59. The second kappa shape index (κ2) is 7.21. The van der Waals surface area contributed by atoms with E-state index in [1.807, 2.05) is 97.1 Å². The molecule has 0 N–H and O–H groups in total. The summed E-state index contributed by atoms with van der Waals surface area (Å²) in [6.45, 7) is 0. The number of benzene rings is 4. The molecule has 0 saturated carbocycles. The van der Waals surface area contributed by atoms with Gasteiger partial charge in [0.25, 0.3) is 5.56 Å². The molecule has 0 unspecified atom stereocenters. The second-order valence-electron chi connectivity index (χ2n) is 6.90. The van der Waals surface area contributed by atoms with Crippen molar-refractivity contribution in [3.8, 4) is 5.69 Å². The number of hydrogen-bond acceptors (Lipinski definition) is 2. The highest BCUT2D eigenvalue weighted by Crippen LogP contribution is 2.18. The van der Waals surface area contributed by atoms with Crippen molar-refractivity contribution in [3.05, 3.63) is 125 Å². The van der Waals surface area contributed by atoms with Crippen molar-refractivity contribution < 1.29 is 0 Å². The van der Waals surface area contributed by atoms with E-state index in [0.29, 0.717) is 10.9 Å². The van der Waals surface area contributed by atoms with E-state index in [0.717, 1.165) is 27.5 Å². The lowest BCUT2D eigenvalue weighted by Gasteiger charge is -2.07. The molecule has 3 heteroatoms. The van der Waals surface area contributed by atoms with Crippen LogP contribution in [0.1, 0.15) is 0 Å². The van der Waals surface area contributed by atoms with Crippen molar-refractivity contribution in [2.75, 3.05) is 0 Å². The Kier molecular flexibility index (Phi) is 4.26. The smallest absolute Gasteiger partial charge is 0.264 e. The Bertz CT molecular complexity index is 1470. The van der Waals surface area contributed by atoms with Crippen LogP contribution in [0, 0.1) is 0 Å². The van der Waals surface area contributed by atoms with Gasteiger partial charge in [0.15, 0.2) is 0 Å². The summed E-state index contributed by atoms with van der Waals surface area (Å²) in [5.41, 5.74) is 2.10. The van der Waals surface area contributed by atoms with Crippen LogP contribution >= 0.6 is 0 Å². The second-order valence-corrected chi connectivity index (χ2v) is 6.90. The Morgan fingerprint density at radius 1 is 0.586 bits per heavy atom. The van der Waals surface area contributed by atoms with Crippen LogP contribution in [0.2, 0.25) is 0 Å². The largest absolute Gasteiger partial charge is 0.268 e. The maximum absolute atomic E-state index is 13.6. The third kappa shape index (κ3) is 3.23. The average molecular weight is 374 g/mol. The Morgan fingerprint density at radius 3 is 2.07 bits per heavy atom. The van der Waals surface area contributed by atoms with Crippen LogP contribution in [0.4, 0.5) is 5.69 Å². The number of hydrogen-bond donors (Lipinski definition) is 0. The predicted molar refractivity (Wildman–Crippen MR) is 119 cm³/mol. The van der Waals surface area contributed by atoms with Crippen LogP contribution in [-0.4, -0.2) is 4.57 Å². The normalized spacial score (nSPS) is 11.8. The molecule has 1 heterocycles. The van der Waals surface area contributed by atoms with Crippen LogP contribution < -0.4 is 11.0 Å². The third-order valence-corrected chi connectivity index (χ3v) is 5.03. The lowest BCUT2D eigenvalue weighted by atomic mass is 10.1. The average Bonchev–Trinajstić information content (AvgIpc) is 2.91. The van der Waals surface area contributed by atoms with Crippen molar-refractivity contribution in [3.63, 3.8) is 0 Å². The Hall–Kier alpha value is -3.98. The van der Waals surface area contributed by atoms with Gasteiger partial charge in [-0.25, -0.2) is 4.99 Å². The van der Waals surface area contributed by atoms with E-state index in [9.17, 15) is 4.79 Å². The topological polar surface area (TPSA) is 34.4 Å². The number of para-hydroxylation sites is 1. The zero-order valence-corrected chi connectivity index (χ0v) is 15.7. The van der Waals surface area contributed by atoms with Gasteiger partial charge in [-0.1, -0.05) is 72.8 Å². The van der Waals surface area contributed by atoms with E-state index < -0.39 is 0 Å². The van der Waals surface area contributed by atoms with Gasteiger partial charge in [-0.2, -0.15) is 0 Å². The first-order valence-corrected chi connectivity index (χ1v) is 9.54. The highest BCUT2D eigenvalue weighted by Gasteiger charge is 2.07. The molecule has 0 aliphatic carbocycles. The molecule has 5 aromatic rings. The third-order valence-electron chi connectivity index (χ3n) is 5.03. The van der Waals surface area contributed by atoms with Gasteiger partial charge in [0.2, 0.25) is 0 Å². The molecular weight excluding hydrogens is 356 g/mol. The summed E-state index contributed by atoms with van der Waals surface area (Å²) in [5.74, 6) is 0. The minimum absolute atomic E-state index is 0.0874. The Morgan fingerprint density at radius 2 is 1.24 bits per heavy atom. The van der Waals surface area contributed by atoms with Crippen LogP contribution in [-0.2, 0) is 0 Å². The standard InChI is InChI=1S/C26H18N2O/c29-26-24-13-7-6-9-20(24)15-17-25(27-22-11-2-1-3-12-22)28(26)23-16-14-19-8-4-5-10-21(19)18-23/h1-18H. The van der Waals surface area contributed by atoms with Crippen LogP contribution in [0.15, 0.2) is 119 Å². The summed E-state index contributed by atoms with van der Waals surface area (Å²) < 4.78 is 1.70. The molecule has 0 radical (unpaired) electrons. The van der Waals surface area contributed by atoms with Crippen molar-refractivity contribution in [2.24, 2.45) is 4.99 Å². The van der Waals surface area contributed by atoms with Gasteiger partial charge < -0.3 is 0 Å². The molecule has 0 amide bonds. The van der Waals surface area contributed by atoms with Gasteiger partial charge in [0.05, 0.1) is 11.4 Å². The van der Waals surface area contributed by atoms with E-state index >= 15 is 0 Å². The van der Waals surface area contributed by atoms with Crippen LogP contribution in [0.5, 0.6) is 0 Å². The number of fused-ring (bicyclic) bond motifs is 2. The van der Waals surface area contributed by atoms with Crippen molar-refractivity contribution in [1.29, 1.82) is 0 Å². The van der Waals surface area contributed by atoms with Gasteiger partial charge in [0.1, 0.15) is 5.49 Å². The number of nitrogens with zero attached hydrogens (tertiary/aromatic N) is 2. The lowest BCUT2D eigenvalue weighted by Crippen LogP contribution is -2.28. The van der Waals surface area contributed by atoms with Gasteiger partial charge in [-0.3, -0.25) is 9.36 Å². The summed E-state index contributed by atoms with van der Waals surface area (Å²) >= 11 is 0. The molecule has 0 aliphatic heterocycles. The molecule has 29 heavy (non-hydrogen) atoms. The number of aromatic nitrogens is 1. The van der Waals surface area contributed by atoms with E-state index in [1.54, 1.807) is 4.57 Å². The van der Waals surface area contributed by atoms with E-state index in [2.05, 4.69) is 12.1 Å². The maximum atomic E-state index is 13.6. The van der Waals surface area contributed by atoms with Crippen molar-refractivity contribution in [1.82, 2.24) is 4.57 Å². The quantitative estimate of drug-likeness (QED) is 0.409. The molecule has 0 atom stereocenters. The molecule has 0 saturated heterocycles. The van der Waals surface area contributed by atoms with Gasteiger partial charge in [0, 0.05) is 5.39 Å². The zero-order valence-electron chi connectivity index (χ0n) is 15.7. The molecule has 1 aromatic heterocycles. The first kappa shape index (κ1) is 17.1. The van der Waals surface area contributed by atoms with E-state index in [4.69, 9.17) is 4.99 Å². The summed E-state index contributed by atoms with van der Waals surface area (Å²) in [5, 5.41) is 3.77. The minimum atomic E-state index is -0.0874. The molecule has 0 spiro atoms. The van der Waals surface area contributed by atoms with E-state index in [1.165, 1.54) is 0 Å². The highest BCUT2D eigenvalue weighted by molar-refractivity contribution is 5.85. The molecule has 4 aromatic carbocycles. The fraction of sp³-hybridized carbons (Fsp3) is 0. The zero-order chi connectivity index (χ0) is 19.6. The molecule has 5 rings (SSSR count). The van der Waals surface area contributed by atoms with Crippen LogP contribution in [0.3, 0.4) is 0 Å². The van der Waals surface area contributed by atoms with Gasteiger partial charge in [-0.15, -0.1) is 0 Å². The molecule has 0 aliphatic rings. The Balaban J connectivity index is 1.91. The number of rotatable bonds is 2. The van der Waals surface area contributed by atoms with Gasteiger partial charge in [-0.05, 0) is 52.6 Å². The molecule has 0 fully saturated rings. The first-order valence-electron chi connectivity index (χ1n) is 9.54. The van der Waals surface area contributed by atoms with Crippen molar-refractivity contribution in [2.45, 2.75) is 0 Å². The van der Waals surface area contributed by atoms with Crippen LogP contribution in [0.25, 0.3) is 27.2 Å². The lowest BCUT2D eigenvalue weighted by molar-refractivity contribution is 0.933. The fourth-order valence-electron chi connectivity index (χ4n) is 3.59. The Labute approximate surface area is 167 Å². The minimum Gasteiger partial charge on any atom is -0.268 e. The maximum Gasteiger partial charge on any atom is 0.264 e. The van der Waals surface area contributed by atoms with E-state index in [-0.39, 0.29) is 5.56 Å². The summed E-state index contributed by atoms with van der Waals surface area (Å²) in [7, 11) is 0. The molecule has 3 nitrogen and oxygen atoms in total. The SMILES string of the molecule is O=c1c2ccccc2ccc(=Nc2ccccc2)n1-c1ccc2ccccc2c1. The molecular formula is C26H18N2O.